The molecular formula is C37H50B2N. The Hall–Kier alpha value is -2.51. The molecular weight excluding hydrogens is 480 g/mol. The molecule has 2 aliphatic carbocycles. The van der Waals surface area contributed by atoms with Crippen LogP contribution in [0, 0.1) is 5.92 Å². The first kappa shape index (κ1) is 32.0. The van der Waals surface area contributed by atoms with Crippen LogP contribution in [-0.2, 0) is 12.8 Å². The summed E-state index contributed by atoms with van der Waals surface area (Å²) in [6.07, 6.45) is 9.84. The number of rotatable bonds is 12. The van der Waals surface area contributed by atoms with Crippen LogP contribution in [-0.4, -0.2) is 39.0 Å². The van der Waals surface area contributed by atoms with Gasteiger partial charge in [-0.05, 0) is 103 Å². The van der Waals surface area contributed by atoms with Crippen LogP contribution in [0.4, 0.5) is 0 Å². The Kier molecular flexibility index (Phi) is 12.9. The van der Waals surface area contributed by atoms with Crippen LogP contribution in [0.3, 0.4) is 0 Å². The molecule has 0 N–H and O–H groups in total. The molecule has 0 aliphatic heterocycles. The van der Waals surface area contributed by atoms with Gasteiger partial charge in [-0.2, -0.15) is 0 Å². The first-order chi connectivity index (χ1) is 19.5. The zero-order chi connectivity index (χ0) is 29.0. The molecule has 3 aromatic carbocycles. The summed E-state index contributed by atoms with van der Waals surface area (Å²) < 4.78 is 0. The Morgan fingerprint density at radius 2 is 1.48 bits per heavy atom. The van der Waals surface area contributed by atoms with Gasteiger partial charge in [0.1, 0.15) is 7.28 Å². The Morgan fingerprint density at radius 3 is 1.95 bits per heavy atom. The van der Waals surface area contributed by atoms with Crippen LogP contribution in [0.5, 0.6) is 0 Å². The minimum atomic E-state index is -0.346. The third-order valence-corrected chi connectivity index (χ3v) is 8.65. The maximum Gasteiger partial charge on any atom is 0.122 e. The lowest BCUT2D eigenvalue weighted by Gasteiger charge is -2.39. The minimum Gasteiger partial charge on any atom is -0.317 e. The molecule has 5 rings (SSSR count). The van der Waals surface area contributed by atoms with E-state index in [9.17, 15) is 0 Å². The van der Waals surface area contributed by atoms with Crippen LogP contribution >= 0.6 is 0 Å². The molecule has 2 aliphatic rings. The van der Waals surface area contributed by atoms with Crippen LogP contribution < -0.4 is 0 Å². The summed E-state index contributed by atoms with van der Waals surface area (Å²) in [6.45, 7) is 13.7. The van der Waals surface area contributed by atoms with E-state index in [0.717, 1.165) is 37.1 Å². The molecule has 2 saturated carbocycles. The van der Waals surface area contributed by atoms with Crippen LogP contribution in [0.15, 0.2) is 92.0 Å². The topological polar surface area (TPSA) is 3.24 Å². The van der Waals surface area contributed by atoms with Gasteiger partial charge in [0.15, 0.2) is 0 Å². The van der Waals surface area contributed by atoms with E-state index in [2.05, 4.69) is 132 Å². The third kappa shape index (κ3) is 9.27. The fourth-order valence-electron chi connectivity index (χ4n) is 5.72. The summed E-state index contributed by atoms with van der Waals surface area (Å²) in [4.78, 5) is 2.33. The zero-order valence-corrected chi connectivity index (χ0v) is 25.6. The Morgan fingerprint density at radius 1 is 0.875 bits per heavy atom. The van der Waals surface area contributed by atoms with Crippen molar-refractivity contribution in [3.63, 3.8) is 0 Å². The average molecular weight is 530 g/mol. The summed E-state index contributed by atoms with van der Waals surface area (Å²) in [7, 11) is 11.1. The second-order valence-corrected chi connectivity index (χ2v) is 11.6. The van der Waals surface area contributed by atoms with Gasteiger partial charge in [0.25, 0.3) is 0 Å². The summed E-state index contributed by atoms with van der Waals surface area (Å²) in [5.74, 6) is 2.58. The van der Waals surface area contributed by atoms with Crippen LogP contribution in [0.2, 0.25) is 6.82 Å². The second kappa shape index (κ2) is 16.1. The maximum absolute atomic E-state index is 6.79. The molecule has 0 bridgehead atoms. The maximum atomic E-state index is 6.79. The molecule has 3 heteroatoms. The number of hydrogen-bond acceptors (Lipinski definition) is 1. The van der Waals surface area contributed by atoms with Gasteiger partial charge >= 0.3 is 0 Å². The van der Waals surface area contributed by atoms with Crippen LogP contribution in [0.25, 0.3) is 0 Å². The van der Waals surface area contributed by atoms with Crippen molar-refractivity contribution >= 4 is 15.1 Å². The standard InChI is InChI=1S/C22H34B2N.C13H12.C2H4/c1-5-7-12-25(4)22(23,24-3)15-16-8-11-19(18-9-10-18)21(13-16)20-14-17(20)6-2;1-3-7-12(8-4-1)11-13-9-5-2-6-10-13;1-2/h8,11,13,17-18,20H,5-7,9-10,12,14-15H2,1-4H3;1-10H,11H2;1-2H2. The molecule has 0 heterocycles. The SMILES string of the molecule is C=C.[B]C([B]C)(Cc1ccc(C2CC2)c(C2CC2CC)c1)N(C)CCCC.c1ccc(Cc2ccccc2)cc1. The van der Waals surface area contributed by atoms with Crippen molar-refractivity contribution in [1.29, 1.82) is 0 Å². The van der Waals surface area contributed by atoms with E-state index < -0.39 is 0 Å². The highest BCUT2D eigenvalue weighted by atomic mass is 15.1. The average Bonchev–Trinajstić information content (AvgIpc) is 3.93. The highest BCUT2D eigenvalue weighted by Crippen LogP contribution is 2.54. The normalized spacial score (nSPS) is 18.9. The molecule has 209 valence electrons. The van der Waals surface area contributed by atoms with Crippen molar-refractivity contribution in [3.05, 3.63) is 120 Å². The third-order valence-electron chi connectivity index (χ3n) is 8.65. The molecule has 3 unspecified atom stereocenters. The lowest BCUT2D eigenvalue weighted by Crippen LogP contribution is -2.53. The first-order valence-electron chi connectivity index (χ1n) is 15.5. The Balaban J connectivity index is 0.000000246. The van der Waals surface area contributed by atoms with Crippen molar-refractivity contribution in [2.75, 3.05) is 13.6 Å². The van der Waals surface area contributed by atoms with E-state index in [1.165, 1.54) is 55.2 Å². The van der Waals surface area contributed by atoms with Gasteiger partial charge in [0.05, 0.1) is 7.85 Å². The summed E-state index contributed by atoms with van der Waals surface area (Å²) in [6, 6.07) is 28.3. The van der Waals surface area contributed by atoms with Gasteiger partial charge in [-0.1, -0.05) is 112 Å². The molecule has 1 nitrogen and oxygen atoms in total. The number of benzene rings is 3. The summed E-state index contributed by atoms with van der Waals surface area (Å²) >= 11 is 0. The zero-order valence-electron chi connectivity index (χ0n) is 25.6. The lowest BCUT2D eigenvalue weighted by molar-refractivity contribution is 0.265. The molecule has 3 radical (unpaired) electrons. The van der Waals surface area contributed by atoms with Crippen molar-refractivity contribution in [3.8, 4) is 0 Å². The van der Waals surface area contributed by atoms with Crippen molar-refractivity contribution in [1.82, 2.24) is 4.90 Å². The first-order valence-corrected chi connectivity index (χ1v) is 15.5. The van der Waals surface area contributed by atoms with E-state index in [-0.39, 0.29) is 5.34 Å². The largest absolute Gasteiger partial charge is 0.317 e. The van der Waals surface area contributed by atoms with Gasteiger partial charge in [-0.3, -0.25) is 0 Å². The second-order valence-electron chi connectivity index (χ2n) is 11.6. The predicted octanol–water partition coefficient (Wildman–Crippen LogP) is 9.01. The van der Waals surface area contributed by atoms with E-state index in [4.69, 9.17) is 7.85 Å². The molecule has 3 aromatic rings. The fourth-order valence-corrected chi connectivity index (χ4v) is 5.72. The molecule has 0 amide bonds. The van der Waals surface area contributed by atoms with Crippen molar-refractivity contribution in [2.24, 2.45) is 5.92 Å². The van der Waals surface area contributed by atoms with Gasteiger partial charge in [-0.25, -0.2) is 0 Å². The fraction of sp³-hybridized carbons (Fsp3) is 0.459. The number of nitrogens with zero attached hydrogens (tertiary/aromatic N) is 1. The number of unbranched alkanes of at least 4 members (excludes halogenated alkanes) is 1. The van der Waals surface area contributed by atoms with Gasteiger partial charge in [-0.15, -0.1) is 13.2 Å². The molecule has 0 aromatic heterocycles. The van der Waals surface area contributed by atoms with Crippen LogP contribution in [0.1, 0.15) is 92.0 Å². The smallest absolute Gasteiger partial charge is 0.122 e. The molecule has 2 fully saturated rings. The lowest BCUT2D eigenvalue weighted by atomic mass is 9.46. The molecule has 40 heavy (non-hydrogen) atoms. The van der Waals surface area contributed by atoms with Crippen molar-refractivity contribution in [2.45, 2.75) is 89.2 Å². The van der Waals surface area contributed by atoms with Crippen molar-refractivity contribution < 1.29 is 0 Å². The van der Waals surface area contributed by atoms with Gasteiger partial charge in [0, 0.05) is 0 Å². The molecule has 0 saturated heterocycles. The summed E-state index contributed by atoms with van der Waals surface area (Å²) in [5.41, 5.74) is 7.45. The van der Waals surface area contributed by atoms with E-state index in [0.29, 0.717) is 0 Å². The molecule has 3 atom stereocenters. The van der Waals surface area contributed by atoms with Gasteiger partial charge in [0.2, 0.25) is 0 Å². The van der Waals surface area contributed by atoms with E-state index in [1.807, 2.05) is 0 Å². The van der Waals surface area contributed by atoms with E-state index in [1.54, 1.807) is 11.1 Å². The van der Waals surface area contributed by atoms with Gasteiger partial charge < -0.3 is 4.90 Å². The monoisotopic (exact) mass is 530 g/mol. The quantitative estimate of drug-likeness (QED) is 0.167. The minimum absolute atomic E-state index is 0.346. The number of hydrogen-bond donors (Lipinski definition) is 0. The predicted molar refractivity (Wildman–Crippen MR) is 178 cm³/mol. The Bertz CT molecular complexity index is 1090. The molecule has 0 spiro atoms. The highest BCUT2D eigenvalue weighted by Gasteiger charge is 2.40. The van der Waals surface area contributed by atoms with E-state index >= 15 is 0 Å². The highest BCUT2D eigenvalue weighted by molar-refractivity contribution is 6.52. The number of likely N-dealkylation sites (N-methyl/N-ethyl adjacent to an activating group) is 1. The Labute approximate surface area is 248 Å². The summed E-state index contributed by atoms with van der Waals surface area (Å²) in [5, 5.41) is -0.346.